The highest BCUT2D eigenvalue weighted by Crippen LogP contribution is 2.39. The van der Waals surface area contributed by atoms with Crippen molar-refractivity contribution in [3.63, 3.8) is 0 Å². The molecule has 3 unspecified atom stereocenters. The highest BCUT2D eigenvalue weighted by Gasteiger charge is 2.40. The fraction of sp³-hybridized carbons (Fsp3) is 0.345. The number of nitrogens with zero attached hydrogens (tertiary/aromatic N) is 2. The third kappa shape index (κ3) is 5.90. The highest BCUT2D eigenvalue weighted by molar-refractivity contribution is 9.10. The Hall–Kier alpha value is -2.88. The largest absolute Gasteiger partial charge is 0.455 e. The molecule has 4 rings (SSSR count). The first-order valence-electron chi connectivity index (χ1n) is 12.9. The van der Waals surface area contributed by atoms with Crippen molar-refractivity contribution in [2.45, 2.75) is 57.0 Å². The number of hydrogen-bond donors (Lipinski definition) is 1. The minimum atomic E-state index is -3.73. The van der Waals surface area contributed by atoms with Crippen LogP contribution in [0, 0.1) is 0 Å². The molecule has 9 heteroatoms. The molecular weight excluding hydrogens is 566 g/mol. The van der Waals surface area contributed by atoms with Gasteiger partial charge in [-0.2, -0.15) is 4.31 Å². The van der Waals surface area contributed by atoms with E-state index in [4.69, 9.17) is 4.74 Å². The maximum Gasteiger partial charge on any atom is 0.322 e. The van der Waals surface area contributed by atoms with Gasteiger partial charge in [0.05, 0.1) is 10.6 Å². The summed E-state index contributed by atoms with van der Waals surface area (Å²) in [4.78, 5) is 15.6. The van der Waals surface area contributed by atoms with Crippen LogP contribution in [0.3, 0.4) is 0 Å². The molecule has 0 aromatic heterocycles. The lowest BCUT2D eigenvalue weighted by molar-refractivity contribution is 0.192. The third-order valence-electron chi connectivity index (χ3n) is 7.13. The Labute approximate surface area is 234 Å². The van der Waals surface area contributed by atoms with Gasteiger partial charge >= 0.3 is 6.03 Å². The first-order chi connectivity index (χ1) is 18.1. The van der Waals surface area contributed by atoms with Gasteiger partial charge in [-0.25, -0.2) is 13.2 Å². The molecule has 1 saturated heterocycles. The second-order valence-electron chi connectivity index (χ2n) is 9.48. The number of carbonyl (C=O) groups excluding carboxylic acids is 1. The number of halogens is 1. The molecule has 1 aliphatic heterocycles. The summed E-state index contributed by atoms with van der Waals surface area (Å²) in [7, 11) is -3.73. The number of anilines is 1. The van der Waals surface area contributed by atoms with Crippen LogP contribution in [0.25, 0.3) is 0 Å². The molecule has 0 aliphatic carbocycles. The Bertz CT molecular complexity index is 1360. The van der Waals surface area contributed by atoms with Gasteiger partial charge in [-0.1, -0.05) is 60.1 Å². The number of sulfonamides is 1. The molecule has 0 spiro atoms. The molecular formula is C29H34BrN3O4S. The van der Waals surface area contributed by atoms with Crippen LogP contribution in [-0.4, -0.2) is 48.8 Å². The molecule has 0 bridgehead atoms. The summed E-state index contributed by atoms with van der Waals surface area (Å²) in [6.45, 7) is 8.39. The highest BCUT2D eigenvalue weighted by atomic mass is 79.9. The number of likely N-dealkylation sites (tertiary alicyclic amines) is 1. The lowest BCUT2D eigenvalue weighted by atomic mass is 9.92. The van der Waals surface area contributed by atoms with Gasteiger partial charge in [0.25, 0.3) is 0 Å². The zero-order valence-electron chi connectivity index (χ0n) is 22.1. The van der Waals surface area contributed by atoms with Crippen LogP contribution >= 0.6 is 15.9 Å². The fourth-order valence-electron chi connectivity index (χ4n) is 5.15. The monoisotopic (exact) mass is 599 g/mol. The summed E-state index contributed by atoms with van der Waals surface area (Å²) in [6.07, 6.45) is 0.844. The van der Waals surface area contributed by atoms with E-state index in [1.54, 1.807) is 32.0 Å². The molecule has 3 aromatic carbocycles. The zero-order valence-corrected chi connectivity index (χ0v) is 24.5. The quantitative estimate of drug-likeness (QED) is 0.300. The average molecular weight is 601 g/mol. The molecule has 1 aliphatic rings. The molecule has 2 amide bonds. The second-order valence-corrected chi connectivity index (χ2v) is 12.3. The number of benzene rings is 3. The number of amides is 2. The van der Waals surface area contributed by atoms with Crippen LogP contribution in [-0.2, 0) is 10.0 Å². The minimum absolute atomic E-state index is 0.00800. The number of nitrogens with one attached hydrogen (secondary N) is 1. The molecule has 3 aromatic rings. The lowest BCUT2D eigenvalue weighted by Gasteiger charge is -2.28. The zero-order chi connectivity index (χ0) is 27.4. The van der Waals surface area contributed by atoms with Gasteiger partial charge < -0.3 is 15.0 Å². The minimum Gasteiger partial charge on any atom is -0.455 e. The molecule has 7 nitrogen and oxygen atoms in total. The third-order valence-corrected chi connectivity index (χ3v) is 9.71. The van der Waals surface area contributed by atoms with E-state index in [0.29, 0.717) is 30.3 Å². The standard InChI is InChI=1S/C29H34BrN3O4S/c1-5-32(6-2)38(35,36)25-16-17-28(37-24-14-12-23(30)13-15-24)27(19-25)31-29(34)33-20(3)18-26(21(33)4)22-10-8-7-9-11-22/h7-17,19-21,26H,5-6,18H2,1-4H3,(H,31,34). The molecule has 3 atom stereocenters. The number of ether oxygens (including phenoxy) is 1. The van der Waals surface area contributed by atoms with Crippen molar-refractivity contribution in [2.24, 2.45) is 0 Å². The van der Waals surface area contributed by atoms with Crippen molar-refractivity contribution in [3.05, 3.63) is 82.8 Å². The Morgan fingerprint density at radius 3 is 2.32 bits per heavy atom. The SMILES string of the molecule is CCN(CC)S(=O)(=O)c1ccc(Oc2ccc(Br)cc2)c(NC(=O)N2C(C)CC(c3ccccc3)C2C)c1. The van der Waals surface area contributed by atoms with Crippen molar-refractivity contribution in [1.29, 1.82) is 0 Å². The first kappa shape index (κ1) is 28.1. The number of urea groups is 1. The Kier molecular flexibility index (Phi) is 8.80. The van der Waals surface area contributed by atoms with Gasteiger partial charge in [0.15, 0.2) is 5.75 Å². The van der Waals surface area contributed by atoms with E-state index < -0.39 is 10.0 Å². The van der Waals surface area contributed by atoms with Crippen LogP contribution < -0.4 is 10.1 Å². The summed E-state index contributed by atoms with van der Waals surface area (Å²) in [6, 6.07) is 21.8. The van der Waals surface area contributed by atoms with Crippen LogP contribution in [0.15, 0.2) is 82.2 Å². The van der Waals surface area contributed by atoms with Crippen molar-refractivity contribution in [2.75, 3.05) is 18.4 Å². The van der Waals surface area contributed by atoms with E-state index >= 15 is 0 Å². The number of hydrogen-bond acceptors (Lipinski definition) is 4. The van der Waals surface area contributed by atoms with Gasteiger partial charge in [-0.15, -0.1) is 0 Å². The first-order valence-corrected chi connectivity index (χ1v) is 15.1. The van der Waals surface area contributed by atoms with Crippen molar-refractivity contribution in [1.82, 2.24) is 9.21 Å². The van der Waals surface area contributed by atoms with E-state index in [-0.39, 0.29) is 28.9 Å². The Morgan fingerprint density at radius 2 is 1.68 bits per heavy atom. The molecule has 0 saturated carbocycles. The van der Waals surface area contributed by atoms with Gasteiger partial charge in [-0.3, -0.25) is 0 Å². The summed E-state index contributed by atoms with van der Waals surface area (Å²) in [5.41, 5.74) is 1.50. The predicted molar refractivity (Wildman–Crippen MR) is 154 cm³/mol. The molecule has 202 valence electrons. The maximum atomic E-state index is 13.7. The van der Waals surface area contributed by atoms with E-state index in [1.165, 1.54) is 22.0 Å². The van der Waals surface area contributed by atoms with E-state index in [9.17, 15) is 13.2 Å². The van der Waals surface area contributed by atoms with Gasteiger partial charge in [0.2, 0.25) is 10.0 Å². The predicted octanol–water partition coefficient (Wildman–Crippen LogP) is 7.07. The van der Waals surface area contributed by atoms with E-state index in [1.807, 2.05) is 42.2 Å². The van der Waals surface area contributed by atoms with Crippen molar-refractivity contribution < 1.29 is 17.9 Å². The van der Waals surface area contributed by atoms with E-state index in [0.717, 1.165) is 10.9 Å². The average Bonchev–Trinajstić information content (AvgIpc) is 3.21. The summed E-state index contributed by atoms with van der Waals surface area (Å²) in [5.74, 6) is 1.14. The molecule has 38 heavy (non-hydrogen) atoms. The van der Waals surface area contributed by atoms with Crippen LogP contribution in [0.2, 0.25) is 0 Å². The Morgan fingerprint density at radius 1 is 1.03 bits per heavy atom. The summed E-state index contributed by atoms with van der Waals surface area (Å²) in [5, 5.41) is 2.97. The maximum absolute atomic E-state index is 13.7. The van der Waals surface area contributed by atoms with Crippen molar-refractivity contribution >= 4 is 37.7 Å². The smallest absolute Gasteiger partial charge is 0.322 e. The van der Waals surface area contributed by atoms with Crippen LogP contribution in [0.4, 0.5) is 10.5 Å². The fourth-order valence-corrected chi connectivity index (χ4v) is 6.90. The Balaban J connectivity index is 1.66. The normalized spacial score (nSPS) is 19.5. The lowest BCUT2D eigenvalue weighted by Crippen LogP contribution is -2.42. The number of carbonyl (C=O) groups is 1. The molecule has 1 heterocycles. The summed E-state index contributed by atoms with van der Waals surface area (Å²) >= 11 is 3.42. The summed E-state index contributed by atoms with van der Waals surface area (Å²) < 4.78 is 34.9. The topological polar surface area (TPSA) is 79.0 Å². The van der Waals surface area contributed by atoms with E-state index in [2.05, 4.69) is 40.3 Å². The molecule has 0 radical (unpaired) electrons. The molecule has 1 N–H and O–H groups in total. The number of rotatable bonds is 8. The van der Waals surface area contributed by atoms with Gasteiger partial charge in [-0.05, 0) is 68.3 Å². The van der Waals surface area contributed by atoms with Crippen molar-refractivity contribution in [3.8, 4) is 11.5 Å². The van der Waals surface area contributed by atoms with Gasteiger partial charge in [0.1, 0.15) is 5.75 Å². The molecule has 1 fully saturated rings. The van der Waals surface area contributed by atoms with Crippen LogP contribution in [0.1, 0.15) is 45.6 Å². The van der Waals surface area contributed by atoms with Crippen LogP contribution in [0.5, 0.6) is 11.5 Å². The second kappa shape index (κ2) is 11.9. The van der Waals surface area contributed by atoms with Gasteiger partial charge in [0, 0.05) is 35.6 Å².